The number of carbonyl (C=O) groups excluding carboxylic acids is 2. The second kappa shape index (κ2) is 2.14. The second-order valence-corrected chi connectivity index (χ2v) is 4.46. The fourth-order valence-electron chi connectivity index (χ4n) is 3.79. The van der Waals surface area contributed by atoms with Crippen LogP contribution in [0.4, 0.5) is 0 Å². The average molecular weight is 180 g/mol. The van der Waals surface area contributed by atoms with Gasteiger partial charge in [-0.05, 0) is 24.7 Å². The minimum absolute atomic E-state index is 0.0534. The summed E-state index contributed by atoms with van der Waals surface area (Å²) < 4.78 is 4.77. The van der Waals surface area contributed by atoms with E-state index in [9.17, 15) is 9.59 Å². The van der Waals surface area contributed by atoms with Gasteiger partial charge in [-0.1, -0.05) is 0 Å². The van der Waals surface area contributed by atoms with Gasteiger partial charge in [-0.3, -0.25) is 9.59 Å². The van der Waals surface area contributed by atoms with E-state index in [1.807, 2.05) is 0 Å². The molecule has 0 aromatic rings. The summed E-state index contributed by atoms with van der Waals surface area (Å²) in [5.41, 5.74) is 0. The summed E-state index contributed by atoms with van der Waals surface area (Å²) in [7, 11) is 1.44. The molecule has 13 heavy (non-hydrogen) atoms. The van der Waals surface area contributed by atoms with Crippen LogP contribution in [0.2, 0.25) is 0 Å². The number of rotatable bonds is 1. The Morgan fingerprint density at radius 3 is 2.23 bits per heavy atom. The van der Waals surface area contributed by atoms with Crippen molar-refractivity contribution in [2.24, 2.45) is 29.6 Å². The van der Waals surface area contributed by atoms with Gasteiger partial charge in [-0.15, -0.1) is 0 Å². The van der Waals surface area contributed by atoms with Crippen LogP contribution in [0.25, 0.3) is 0 Å². The highest BCUT2D eigenvalue weighted by Gasteiger charge is 2.67. The Morgan fingerprint density at radius 2 is 1.85 bits per heavy atom. The van der Waals surface area contributed by atoms with E-state index in [1.165, 1.54) is 7.11 Å². The van der Waals surface area contributed by atoms with Crippen LogP contribution in [0.1, 0.15) is 12.8 Å². The van der Waals surface area contributed by atoms with Crippen LogP contribution in [0, 0.1) is 29.6 Å². The highest BCUT2D eigenvalue weighted by atomic mass is 16.5. The number of hydrogen-bond acceptors (Lipinski definition) is 3. The first-order chi connectivity index (χ1) is 6.24. The van der Waals surface area contributed by atoms with E-state index in [0.29, 0.717) is 17.6 Å². The minimum atomic E-state index is -0.0903. The van der Waals surface area contributed by atoms with Crippen molar-refractivity contribution in [3.63, 3.8) is 0 Å². The van der Waals surface area contributed by atoms with Crippen LogP contribution in [0.15, 0.2) is 0 Å². The fraction of sp³-hybridized carbons (Fsp3) is 0.800. The molecule has 4 aliphatic rings. The zero-order valence-electron chi connectivity index (χ0n) is 7.53. The van der Waals surface area contributed by atoms with Gasteiger partial charge in [-0.2, -0.15) is 0 Å². The van der Waals surface area contributed by atoms with E-state index in [4.69, 9.17) is 4.74 Å². The number of ether oxygens (including phenoxy) is 1. The fourth-order valence-corrected chi connectivity index (χ4v) is 3.79. The smallest absolute Gasteiger partial charge is 0.309 e. The lowest BCUT2D eigenvalue weighted by Gasteiger charge is -2.17. The second-order valence-electron chi connectivity index (χ2n) is 4.46. The van der Waals surface area contributed by atoms with E-state index in [1.54, 1.807) is 0 Å². The van der Waals surface area contributed by atoms with Crippen LogP contribution in [-0.4, -0.2) is 18.9 Å². The number of hydrogen-bond donors (Lipinski definition) is 0. The Labute approximate surface area is 76.4 Å². The van der Waals surface area contributed by atoms with Crippen LogP contribution in [0.3, 0.4) is 0 Å². The van der Waals surface area contributed by atoms with Gasteiger partial charge in [0.25, 0.3) is 0 Å². The molecule has 0 saturated heterocycles. The number of Topliss-reactive ketones (excluding diaryl/α,β-unsaturated/α-hetero) is 1. The molecule has 4 saturated carbocycles. The first-order valence-corrected chi connectivity index (χ1v) is 4.85. The molecule has 4 bridgehead atoms. The first-order valence-electron chi connectivity index (χ1n) is 4.85. The highest BCUT2D eigenvalue weighted by molar-refractivity contribution is 5.93. The summed E-state index contributed by atoms with van der Waals surface area (Å²) in [5.74, 6) is 1.46. The van der Waals surface area contributed by atoms with Gasteiger partial charge in [0.2, 0.25) is 0 Å². The van der Waals surface area contributed by atoms with Gasteiger partial charge in [0.05, 0.1) is 13.0 Å². The average Bonchev–Trinajstić information content (AvgIpc) is 2.81. The summed E-state index contributed by atoms with van der Waals surface area (Å²) in [6.45, 7) is 0. The van der Waals surface area contributed by atoms with Crippen molar-refractivity contribution in [2.75, 3.05) is 7.11 Å². The minimum Gasteiger partial charge on any atom is -0.469 e. The largest absolute Gasteiger partial charge is 0.469 e. The van der Waals surface area contributed by atoms with E-state index in [0.717, 1.165) is 12.8 Å². The van der Waals surface area contributed by atoms with Gasteiger partial charge in [-0.25, -0.2) is 0 Å². The third kappa shape index (κ3) is 0.675. The predicted octanol–water partition coefficient (Wildman–Crippen LogP) is 0.630. The predicted molar refractivity (Wildman–Crippen MR) is 43.7 cm³/mol. The van der Waals surface area contributed by atoms with Gasteiger partial charge < -0.3 is 4.74 Å². The summed E-state index contributed by atoms with van der Waals surface area (Å²) in [5, 5.41) is 0. The molecule has 0 heterocycles. The monoisotopic (exact) mass is 180 g/mol. The first kappa shape index (κ1) is 7.54. The van der Waals surface area contributed by atoms with Crippen molar-refractivity contribution in [2.45, 2.75) is 12.8 Å². The zero-order chi connectivity index (χ0) is 9.16. The molecule has 3 heteroatoms. The van der Waals surface area contributed by atoms with Crippen LogP contribution in [0.5, 0.6) is 0 Å². The third-order valence-electron chi connectivity index (χ3n) is 4.21. The molecule has 70 valence electrons. The van der Waals surface area contributed by atoms with E-state index < -0.39 is 0 Å². The van der Waals surface area contributed by atoms with E-state index in [-0.39, 0.29) is 23.7 Å². The van der Waals surface area contributed by atoms with Crippen molar-refractivity contribution >= 4 is 11.8 Å². The summed E-state index contributed by atoms with van der Waals surface area (Å²) >= 11 is 0. The third-order valence-corrected chi connectivity index (χ3v) is 4.21. The molecule has 4 unspecified atom stereocenters. The van der Waals surface area contributed by atoms with Crippen molar-refractivity contribution in [1.29, 1.82) is 0 Å². The summed E-state index contributed by atoms with van der Waals surface area (Å²) in [6, 6.07) is 0. The molecule has 4 rings (SSSR count). The lowest BCUT2D eigenvalue weighted by molar-refractivity contribution is -0.148. The molecule has 3 nitrogen and oxygen atoms in total. The Bertz CT molecular complexity index is 277. The van der Waals surface area contributed by atoms with Crippen LogP contribution < -0.4 is 0 Å². The zero-order valence-corrected chi connectivity index (χ0v) is 7.53. The maximum Gasteiger partial charge on any atom is 0.309 e. The highest BCUT2D eigenvalue weighted by Crippen LogP contribution is 2.64. The van der Waals surface area contributed by atoms with Crippen molar-refractivity contribution in [1.82, 2.24) is 0 Å². The Kier molecular flexibility index (Phi) is 1.24. The van der Waals surface area contributed by atoms with Crippen LogP contribution in [-0.2, 0) is 14.3 Å². The maximum absolute atomic E-state index is 11.5. The SMILES string of the molecule is COC(=O)C1C2CC3C(=O)C2CC31. The molecule has 0 aromatic carbocycles. The van der Waals surface area contributed by atoms with E-state index >= 15 is 0 Å². The molecule has 0 spiro atoms. The van der Waals surface area contributed by atoms with Crippen molar-refractivity contribution in [3.8, 4) is 0 Å². The Morgan fingerprint density at radius 1 is 1.31 bits per heavy atom. The molecule has 0 N–H and O–H groups in total. The summed E-state index contributed by atoms with van der Waals surface area (Å²) in [4.78, 5) is 22.9. The molecule has 0 aromatic heterocycles. The Hall–Kier alpha value is -0.860. The van der Waals surface area contributed by atoms with Crippen molar-refractivity contribution < 1.29 is 14.3 Å². The molecule has 4 fully saturated rings. The standard InChI is InChI=1S/C10H12O3/c1-13-10(12)8-4-2-6-5(8)3-7(4)9(6)11/h4-8H,2-3H2,1H3. The van der Waals surface area contributed by atoms with Gasteiger partial charge in [0.1, 0.15) is 5.78 Å². The van der Waals surface area contributed by atoms with Gasteiger partial charge >= 0.3 is 5.97 Å². The number of esters is 1. The number of methoxy groups -OCH3 is 1. The number of ketones is 1. The number of carbonyl (C=O) groups is 2. The molecular weight excluding hydrogens is 168 g/mol. The summed E-state index contributed by atoms with van der Waals surface area (Å²) in [6.07, 6.45) is 1.90. The lowest BCUT2D eigenvalue weighted by Crippen LogP contribution is -2.28. The quantitative estimate of drug-likeness (QED) is 0.556. The van der Waals surface area contributed by atoms with Crippen LogP contribution >= 0.6 is 0 Å². The lowest BCUT2D eigenvalue weighted by atomic mass is 9.88. The molecule has 0 aliphatic heterocycles. The molecular formula is C10H12O3. The van der Waals surface area contributed by atoms with E-state index in [2.05, 4.69) is 0 Å². The molecule has 4 aliphatic carbocycles. The van der Waals surface area contributed by atoms with Gasteiger partial charge in [0.15, 0.2) is 0 Å². The molecule has 0 radical (unpaired) electrons. The molecule has 0 amide bonds. The van der Waals surface area contributed by atoms with Gasteiger partial charge in [0, 0.05) is 11.8 Å². The maximum atomic E-state index is 11.5. The topological polar surface area (TPSA) is 43.4 Å². The molecule has 4 atom stereocenters. The van der Waals surface area contributed by atoms with Crippen molar-refractivity contribution in [3.05, 3.63) is 0 Å². The Balaban J connectivity index is 1.93. The normalized spacial score (nSPS) is 50.5.